The minimum atomic E-state index is -4.79. The van der Waals surface area contributed by atoms with Crippen molar-refractivity contribution in [2.24, 2.45) is 11.8 Å². The number of carbonyl (C=O) groups excluding carboxylic acids is 4. The van der Waals surface area contributed by atoms with Crippen LogP contribution in [0.4, 0.5) is 34.1 Å². The van der Waals surface area contributed by atoms with Crippen LogP contribution >= 0.6 is 11.6 Å². The number of benzene rings is 3. The quantitative estimate of drug-likeness (QED) is 0.122. The van der Waals surface area contributed by atoms with Crippen molar-refractivity contribution in [1.82, 2.24) is 19.6 Å². The molecule has 0 saturated carbocycles. The first-order valence-electron chi connectivity index (χ1n) is 20.9. The largest absolute Gasteiger partial charge is 0.436 e. The number of halogens is 4. The van der Waals surface area contributed by atoms with Crippen molar-refractivity contribution in [2.75, 3.05) is 63.4 Å². The van der Waals surface area contributed by atoms with Crippen molar-refractivity contribution in [3.8, 4) is 5.75 Å². The van der Waals surface area contributed by atoms with Crippen molar-refractivity contribution in [2.45, 2.75) is 76.1 Å². The molecule has 0 unspecified atom stereocenters. The zero-order chi connectivity index (χ0) is 42.4. The summed E-state index contributed by atoms with van der Waals surface area (Å²) in [5.41, 5.74) is 5.86. The number of likely N-dealkylation sites (tertiary alicyclic amines) is 3. The second kappa shape index (κ2) is 19.1. The van der Waals surface area contributed by atoms with Crippen molar-refractivity contribution in [1.29, 1.82) is 0 Å². The Bertz CT molecular complexity index is 2000. The van der Waals surface area contributed by atoms with Gasteiger partial charge in [0, 0.05) is 57.4 Å². The normalized spacial score (nSPS) is 19.3. The summed E-state index contributed by atoms with van der Waals surface area (Å²) in [6.07, 6.45) is -1.84. The molecule has 3 saturated heterocycles. The number of nitrogens with one attached hydrogen (secondary N) is 1. The molecule has 0 bridgehead atoms. The number of nitrogens with zero attached hydrogens (tertiary/aromatic N) is 4. The highest BCUT2D eigenvalue weighted by Gasteiger charge is 2.39. The summed E-state index contributed by atoms with van der Waals surface area (Å²) in [5, 5.41) is 2.68. The molecule has 322 valence electrons. The number of para-hydroxylation sites is 2. The van der Waals surface area contributed by atoms with E-state index < -0.39 is 35.5 Å². The monoisotopic (exact) mass is 852 g/mol. The molecule has 4 heterocycles. The summed E-state index contributed by atoms with van der Waals surface area (Å²) in [5.74, 6) is 0.632. The van der Waals surface area contributed by atoms with Crippen LogP contribution in [0.2, 0.25) is 5.02 Å². The summed E-state index contributed by atoms with van der Waals surface area (Å²) >= 11 is 6.16. The Labute approximate surface area is 353 Å². The Hall–Kier alpha value is -5.02. The van der Waals surface area contributed by atoms with Gasteiger partial charge in [-0.25, -0.2) is 9.59 Å². The maximum atomic E-state index is 14.2. The standard InChI is InChI=1S/C44H52ClF3N6O6/c45-36-27-29(26-35(40(36)49)44(46,47)48)28-38(60-43(58)53-23-15-33(16-24-53)54-25-14-32-6-4-5-9-37(32)50-42(54)57)41(56)52-21-12-31(13-22-52)30-10-18-51(19-11-30)20-17-39(55)59-34-7-2-1-3-8-34/h1-9,26-27,30-31,33,38H,10-25,28,49H2,(H,50,57)/t38-/m1/s1. The molecule has 3 fully saturated rings. The fourth-order valence-corrected chi connectivity index (χ4v) is 9.32. The number of carbonyl (C=O) groups is 4. The number of amides is 4. The third-order valence-electron chi connectivity index (χ3n) is 12.5. The van der Waals surface area contributed by atoms with Crippen LogP contribution in [-0.2, 0) is 33.3 Å². The van der Waals surface area contributed by atoms with Gasteiger partial charge in [-0.1, -0.05) is 48.0 Å². The number of fused-ring (bicyclic) bond motifs is 1. The van der Waals surface area contributed by atoms with E-state index in [1.54, 1.807) is 21.9 Å². The Kier molecular flexibility index (Phi) is 13.7. The van der Waals surface area contributed by atoms with Gasteiger partial charge in [0.25, 0.3) is 5.91 Å². The van der Waals surface area contributed by atoms with Gasteiger partial charge in [-0.05, 0) is 111 Å². The molecule has 0 radical (unpaired) electrons. The van der Waals surface area contributed by atoms with Crippen LogP contribution in [0.1, 0.15) is 61.6 Å². The van der Waals surface area contributed by atoms with Gasteiger partial charge in [-0.2, -0.15) is 13.2 Å². The molecule has 4 aliphatic heterocycles. The van der Waals surface area contributed by atoms with E-state index in [2.05, 4.69) is 10.2 Å². The van der Waals surface area contributed by atoms with Crippen molar-refractivity contribution in [3.63, 3.8) is 0 Å². The average molecular weight is 853 g/mol. The van der Waals surface area contributed by atoms with E-state index in [0.29, 0.717) is 69.4 Å². The second-order valence-electron chi connectivity index (χ2n) is 16.2. The molecule has 4 aliphatic rings. The lowest BCUT2D eigenvalue weighted by Gasteiger charge is -2.41. The summed E-state index contributed by atoms with van der Waals surface area (Å²) in [7, 11) is 0. The number of ether oxygens (including phenoxy) is 2. The van der Waals surface area contributed by atoms with E-state index >= 15 is 0 Å². The van der Waals surface area contributed by atoms with Crippen LogP contribution in [0.3, 0.4) is 0 Å². The number of nitrogen functional groups attached to an aromatic ring is 1. The van der Waals surface area contributed by atoms with Gasteiger partial charge in [0.05, 0.1) is 22.7 Å². The fourth-order valence-electron chi connectivity index (χ4n) is 9.08. The topological polar surface area (TPSA) is 138 Å². The van der Waals surface area contributed by atoms with Gasteiger partial charge in [0.1, 0.15) is 5.75 Å². The van der Waals surface area contributed by atoms with Crippen LogP contribution in [0.25, 0.3) is 0 Å². The van der Waals surface area contributed by atoms with Gasteiger partial charge >= 0.3 is 24.3 Å². The summed E-state index contributed by atoms with van der Waals surface area (Å²) < 4.78 is 53.1. The number of hydrogen-bond donors (Lipinski definition) is 2. The summed E-state index contributed by atoms with van der Waals surface area (Å²) in [4.78, 5) is 60.6. The Morgan fingerprint density at radius 1 is 0.833 bits per heavy atom. The minimum Gasteiger partial charge on any atom is -0.436 e. The number of alkyl halides is 3. The molecule has 3 aromatic rings. The van der Waals surface area contributed by atoms with Gasteiger partial charge in [0.2, 0.25) is 0 Å². The molecule has 3 aromatic carbocycles. The lowest BCUT2D eigenvalue weighted by molar-refractivity contribution is -0.142. The van der Waals surface area contributed by atoms with Gasteiger partial charge in [-0.3, -0.25) is 9.59 Å². The molecule has 0 spiro atoms. The lowest BCUT2D eigenvalue weighted by atomic mass is 9.78. The van der Waals surface area contributed by atoms with Crippen LogP contribution in [0.5, 0.6) is 5.75 Å². The molecule has 0 aromatic heterocycles. The number of rotatable bonds is 10. The van der Waals surface area contributed by atoms with Crippen LogP contribution in [0, 0.1) is 11.8 Å². The predicted octanol–water partition coefficient (Wildman–Crippen LogP) is 7.49. The summed E-state index contributed by atoms with van der Waals surface area (Å²) in [6.45, 7) is 4.27. The zero-order valence-electron chi connectivity index (χ0n) is 33.5. The second-order valence-corrected chi connectivity index (χ2v) is 16.6. The maximum Gasteiger partial charge on any atom is 0.418 e. The van der Waals surface area contributed by atoms with Crippen LogP contribution in [0.15, 0.2) is 66.7 Å². The van der Waals surface area contributed by atoms with Gasteiger partial charge in [-0.15, -0.1) is 0 Å². The van der Waals surface area contributed by atoms with E-state index in [4.69, 9.17) is 26.8 Å². The SMILES string of the molecule is Nc1c(Cl)cc(C[C@@H](OC(=O)N2CCC(N3CCc4ccccc4NC3=O)CC2)C(=O)N2CCC(C3CCN(CCC(=O)Oc4ccccc4)CC3)CC2)cc1C(F)(F)F. The van der Waals surface area contributed by atoms with Crippen molar-refractivity contribution >= 4 is 47.0 Å². The Balaban J connectivity index is 0.942. The number of piperidine rings is 3. The number of hydrogen-bond acceptors (Lipinski definition) is 8. The third kappa shape index (κ3) is 10.6. The predicted molar refractivity (Wildman–Crippen MR) is 220 cm³/mol. The molecular formula is C44H52ClF3N6O6. The van der Waals surface area contributed by atoms with E-state index in [0.717, 1.165) is 56.1 Å². The number of nitrogens with two attached hydrogens (primary N) is 1. The van der Waals surface area contributed by atoms with Crippen LogP contribution < -0.4 is 15.8 Å². The lowest BCUT2D eigenvalue weighted by Crippen LogP contribution is -2.52. The number of esters is 1. The molecule has 7 rings (SSSR count). The Morgan fingerprint density at radius 2 is 1.47 bits per heavy atom. The number of anilines is 2. The molecule has 16 heteroatoms. The average Bonchev–Trinajstić information content (AvgIpc) is 3.41. The minimum absolute atomic E-state index is 0.0644. The molecular weight excluding hydrogens is 801 g/mol. The first kappa shape index (κ1) is 43.1. The van der Waals surface area contributed by atoms with Crippen molar-refractivity contribution in [3.05, 3.63) is 88.4 Å². The Morgan fingerprint density at radius 3 is 2.15 bits per heavy atom. The smallest absolute Gasteiger partial charge is 0.418 e. The highest BCUT2D eigenvalue weighted by Crippen LogP contribution is 2.39. The first-order chi connectivity index (χ1) is 28.8. The molecule has 3 N–H and O–H groups in total. The third-order valence-corrected chi connectivity index (χ3v) is 12.8. The van der Waals surface area contributed by atoms with E-state index in [9.17, 15) is 32.3 Å². The molecule has 4 amide bonds. The molecule has 1 atom stereocenters. The highest BCUT2D eigenvalue weighted by molar-refractivity contribution is 6.33. The van der Waals surface area contributed by atoms with Gasteiger partial charge < -0.3 is 40.1 Å². The maximum absolute atomic E-state index is 14.2. The van der Waals surface area contributed by atoms with E-state index in [1.807, 2.05) is 42.5 Å². The van der Waals surface area contributed by atoms with E-state index in [1.165, 1.54) is 11.0 Å². The molecule has 0 aliphatic carbocycles. The molecule has 12 nitrogen and oxygen atoms in total. The summed E-state index contributed by atoms with van der Waals surface area (Å²) in [6, 6.07) is 18.5. The first-order valence-corrected chi connectivity index (χ1v) is 21.2. The molecule has 60 heavy (non-hydrogen) atoms. The number of urea groups is 1. The van der Waals surface area contributed by atoms with Crippen molar-refractivity contribution < 1.29 is 41.8 Å². The zero-order valence-corrected chi connectivity index (χ0v) is 34.3. The van der Waals surface area contributed by atoms with Gasteiger partial charge in [0.15, 0.2) is 6.10 Å². The van der Waals surface area contributed by atoms with E-state index in [-0.39, 0.29) is 48.1 Å². The van der Waals surface area contributed by atoms with Crippen LogP contribution in [-0.4, -0.2) is 108 Å². The fraction of sp³-hybridized carbons (Fsp3) is 0.500. The highest BCUT2D eigenvalue weighted by atomic mass is 35.5.